The lowest BCUT2D eigenvalue weighted by Gasteiger charge is -2.17. The van der Waals surface area contributed by atoms with Crippen molar-refractivity contribution >= 4 is 27.5 Å². The van der Waals surface area contributed by atoms with Gasteiger partial charge in [-0.2, -0.15) is 4.31 Å². The summed E-state index contributed by atoms with van der Waals surface area (Å²) in [6.45, 7) is 1.45. The van der Waals surface area contributed by atoms with Gasteiger partial charge in [-0.05, 0) is 54.8 Å². The Hall–Kier alpha value is -1.93. The van der Waals surface area contributed by atoms with E-state index in [-0.39, 0.29) is 23.5 Å². The number of rotatable bonds is 7. The van der Waals surface area contributed by atoms with Crippen LogP contribution in [-0.4, -0.2) is 44.9 Å². The minimum absolute atomic E-state index is 0.0925. The van der Waals surface area contributed by atoms with E-state index in [1.54, 1.807) is 36.4 Å². The summed E-state index contributed by atoms with van der Waals surface area (Å²) in [6.07, 6.45) is 2.09. The topological polar surface area (TPSA) is 75.7 Å². The number of benzene rings is 2. The minimum atomic E-state index is -3.62. The maximum atomic E-state index is 12.6. The first-order valence-corrected chi connectivity index (χ1v) is 10.9. The predicted octanol–water partition coefficient (Wildman–Crippen LogP) is 3.07. The first-order chi connectivity index (χ1) is 13.4. The van der Waals surface area contributed by atoms with E-state index in [1.165, 1.54) is 23.5 Å². The van der Waals surface area contributed by atoms with E-state index >= 15 is 0 Å². The van der Waals surface area contributed by atoms with Gasteiger partial charge in [0.1, 0.15) is 0 Å². The average molecular weight is 423 g/mol. The first-order valence-electron chi connectivity index (χ1n) is 9.07. The van der Waals surface area contributed by atoms with E-state index in [1.807, 2.05) is 0 Å². The fraction of sp³-hybridized carbons (Fsp3) is 0.350. The maximum Gasteiger partial charge on any atom is 0.251 e. The zero-order valence-electron chi connectivity index (χ0n) is 15.6. The van der Waals surface area contributed by atoms with Gasteiger partial charge in [0.05, 0.1) is 11.0 Å². The van der Waals surface area contributed by atoms with Crippen LogP contribution in [0.25, 0.3) is 0 Å². The number of halogens is 1. The Kier molecular flexibility index (Phi) is 6.72. The lowest BCUT2D eigenvalue weighted by atomic mass is 10.1. The highest BCUT2D eigenvalue weighted by atomic mass is 35.5. The van der Waals surface area contributed by atoms with Crippen molar-refractivity contribution in [3.8, 4) is 0 Å². The molecule has 0 saturated carbocycles. The molecular formula is C20H23ClN2O4S. The molecular weight excluding hydrogens is 400 g/mol. The van der Waals surface area contributed by atoms with Gasteiger partial charge in [0.15, 0.2) is 0 Å². The molecule has 1 aliphatic rings. The molecule has 150 valence electrons. The fourth-order valence-corrected chi connectivity index (χ4v) is 4.29. The third-order valence-corrected chi connectivity index (χ3v) is 6.73. The second-order valence-electron chi connectivity index (χ2n) is 6.76. The minimum Gasteiger partial charge on any atom is -0.376 e. The summed E-state index contributed by atoms with van der Waals surface area (Å²) >= 11 is 5.82. The SMILES string of the molecule is CN(Cc1ccc(C(=O)NC[C@H]2CCCO2)cc1)S(=O)(=O)c1ccc(Cl)cc1. The van der Waals surface area contributed by atoms with Gasteiger partial charge < -0.3 is 10.1 Å². The summed E-state index contributed by atoms with van der Waals surface area (Å²) in [5.41, 5.74) is 1.32. The molecule has 1 fully saturated rings. The zero-order chi connectivity index (χ0) is 20.1. The van der Waals surface area contributed by atoms with Crippen LogP contribution in [0.4, 0.5) is 0 Å². The number of nitrogens with one attached hydrogen (secondary N) is 1. The summed E-state index contributed by atoms with van der Waals surface area (Å²) in [4.78, 5) is 12.4. The van der Waals surface area contributed by atoms with Gasteiger partial charge in [-0.25, -0.2) is 8.42 Å². The van der Waals surface area contributed by atoms with E-state index in [0.717, 1.165) is 25.0 Å². The maximum absolute atomic E-state index is 12.6. The van der Waals surface area contributed by atoms with Gasteiger partial charge in [-0.15, -0.1) is 0 Å². The molecule has 0 unspecified atom stereocenters. The number of nitrogens with zero attached hydrogens (tertiary/aromatic N) is 1. The molecule has 6 nitrogen and oxygen atoms in total. The summed E-state index contributed by atoms with van der Waals surface area (Å²) in [5, 5.41) is 3.35. The number of amides is 1. The lowest BCUT2D eigenvalue weighted by molar-refractivity contribution is 0.0858. The van der Waals surface area contributed by atoms with Crippen molar-refractivity contribution in [3.63, 3.8) is 0 Å². The van der Waals surface area contributed by atoms with Gasteiger partial charge in [0.2, 0.25) is 10.0 Å². The zero-order valence-corrected chi connectivity index (χ0v) is 17.2. The summed E-state index contributed by atoms with van der Waals surface area (Å²) in [7, 11) is -2.10. The van der Waals surface area contributed by atoms with E-state index in [4.69, 9.17) is 16.3 Å². The molecule has 2 aromatic rings. The molecule has 0 radical (unpaired) electrons. The van der Waals surface area contributed by atoms with Crippen LogP contribution in [0.15, 0.2) is 53.4 Å². The third kappa shape index (κ3) is 5.11. The standard InChI is InChI=1S/C20H23ClN2O4S/c1-23(28(25,26)19-10-8-17(21)9-11-19)14-15-4-6-16(7-5-15)20(24)22-13-18-3-2-12-27-18/h4-11,18H,2-3,12-14H2,1H3,(H,22,24)/t18-/m1/s1. The highest BCUT2D eigenvalue weighted by Gasteiger charge is 2.21. The van der Waals surface area contributed by atoms with Crippen molar-refractivity contribution in [2.24, 2.45) is 0 Å². The molecule has 1 saturated heterocycles. The van der Waals surface area contributed by atoms with Crippen molar-refractivity contribution in [3.05, 3.63) is 64.7 Å². The quantitative estimate of drug-likeness (QED) is 0.744. The second-order valence-corrected chi connectivity index (χ2v) is 9.24. The van der Waals surface area contributed by atoms with Crippen LogP contribution in [0.5, 0.6) is 0 Å². The van der Waals surface area contributed by atoms with Crippen molar-refractivity contribution in [1.29, 1.82) is 0 Å². The molecule has 1 N–H and O–H groups in total. The van der Waals surface area contributed by atoms with E-state index in [9.17, 15) is 13.2 Å². The van der Waals surface area contributed by atoms with Crippen molar-refractivity contribution in [2.45, 2.75) is 30.4 Å². The molecule has 0 aromatic heterocycles. The Morgan fingerprint density at radius 1 is 1.18 bits per heavy atom. The monoisotopic (exact) mass is 422 g/mol. The van der Waals surface area contributed by atoms with Crippen LogP contribution < -0.4 is 5.32 Å². The number of ether oxygens (including phenoxy) is 1. The van der Waals surface area contributed by atoms with Gasteiger partial charge in [-0.3, -0.25) is 4.79 Å². The molecule has 1 atom stereocenters. The Morgan fingerprint density at radius 2 is 1.86 bits per heavy atom. The molecule has 1 aliphatic heterocycles. The van der Waals surface area contributed by atoms with Gasteiger partial charge in [-0.1, -0.05) is 23.7 Å². The Morgan fingerprint density at radius 3 is 2.46 bits per heavy atom. The smallest absolute Gasteiger partial charge is 0.251 e. The lowest BCUT2D eigenvalue weighted by Crippen LogP contribution is -2.31. The first kappa shape index (κ1) is 20.8. The Balaban J connectivity index is 1.59. The van der Waals surface area contributed by atoms with Crippen LogP contribution in [0.3, 0.4) is 0 Å². The van der Waals surface area contributed by atoms with Gasteiger partial charge in [0.25, 0.3) is 5.91 Å². The van der Waals surface area contributed by atoms with E-state index in [0.29, 0.717) is 17.1 Å². The van der Waals surface area contributed by atoms with E-state index in [2.05, 4.69) is 5.32 Å². The average Bonchev–Trinajstić information content (AvgIpc) is 3.20. The molecule has 1 amide bonds. The predicted molar refractivity (Wildman–Crippen MR) is 108 cm³/mol. The van der Waals surface area contributed by atoms with E-state index < -0.39 is 10.0 Å². The molecule has 0 spiro atoms. The molecule has 1 heterocycles. The van der Waals surface area contributed by atoms with Crippen LogP contribution in [0, 0.1) is 0 Å². The Labute approximate surface area is 170 Å². The van der Waals surface area contributed by atoms with Gasteiger partial charge >= 0.3 is 0 Å². The second kappa shape index (κ2) is 9.05. The number of hydrogen-bond donors (Lipinski definition) is 1. The van der Waals surface area contributed by atoms with Crippen molar-refractivity contribution in [2.75, 3.05) is 20.2 Å². The molecule has 3 rings (SSSR count). The van der Waals surface area contributed by atoms with Crippen LogP contribution >= 0.6 is 11.6 Å². The van der Waals surface area contributed by atoms with Crippen molar-refractivity contribution < 1.29 is 17.9 Å². The highest BCUT2D eigenvalue weighted by molar-refractivity contribution is 7.89. The third-order valence-electron chi connectivity index (χ3n) is 4.66. The molecule has 0 bridgehead atoms. The van der Waals surface area contributed by atoms with Gasteiger partial charge in [0, 0.05) is 37.3 Å². The molecule has 8 heteroatoms. The number of carbonyl (C=O) groups is 1. The summed E-state index contributed by atoms with van der Waals surface area (Å²) in [5.74, 6) is -0.163. The molecule has 28 heavy (non-hydrogen) atoms. The normalized spacial score (nSPS) is 17.0. The van der Waals surface area contributed by atoms with Crippen molar-refractivity contribution in [1.82, 2.24) is 9.62 Å². The summed E-state index contributed by atoms with van der Waals surface area (Å²) < 4.78 is 32.0. The number of carbonyl (C=O) groups excluding carboxylic acids is 1. The van der Waals surface area contributed by atoms with Crippen LogP contribution in [0.2, 0.25) is 5.02 Å². The molecule has 0 aliphatic carbocycles. The Bertz CT molecular complexity index is 908. The highest BCUT2D eigenvalue weighted by Crippen LogP contribution is 2.19. The fourth-order valence-electron chi connectivity index (χ4n) is 3.00. The number of sulfonamides is 1. The van der Waals surface area contributed by atoms with Crippen LogP contribution in [0.1, 0.15) is 28.8 Å². The summed E-state index contributed by atoms with van der Waals surface area (Å²) in [6, 6.07) is 13.0. The largest absolute Gasteiger partial charge is 0.376 e. The molecule has 2 aromatic carbocycles. The number of hydrogen-bond acceptors (Lipinski definition) is 4. The van der Waals surface area contributed by atoms with Crippen LogP contribution in [-0.2, 0) is 21.3 Å².